The number of halogens is 1. The Morgan fingerprint density at radius 2 is 2.21 bits per heavy atom. The molecule has 0 bridgehead atoms. The summed E-state index contributed by atoms with van der Waals surface area (Å²) in [5.74, 6) is 0.257. The molecule has 0 saturated carbocycles. The van der Waals surface area contributed by atoms with Crippen LogP contribution in [0.4, 0.5) is 5.82 Å². The quantitative estimate of drug-likeness (QED) is 0.622. The molecule has 9 heteroatoms. The van der Waals surface area contributed by atoms with Crippen molar-refractivity contribution in [2.45, 2.75) is 23.8 Å². The molecule has 3 heterocycles. The van der Waals surface area contributed by atoms with Crippen LogP contribution in [0.2, 0.25) is 0 Å². The molecule has 1 aliphatic rings. The topological polar surface area (TPSA) is 119 Å². The van der Waals surface area contributed by atoms with E-state index in [1.807, 2.05) is 0 Å². The molecule has 0 amide bonds. The van der Waals surface area contributed by atoms with E-state index < -0.39 is 23.8 Å². The third-order valence-electron chi connectivity index (χ3n) is 3.13. The molecule has 4 atom stereocenters. The normalized spacial score (nSPS) is 31.1. The van der Waals surface area contributed by atoms with Gasteiger partial charge in [0.05, 0.1) is 12.9 Å². The van der Waals surface area contributed by atoms with Crippen molar-refractivity contribution in [3.8, 4) is 0 Å². The molecular weight excluding hydrogens is 274 g/mol. The molecule has 102 valence electrons. The lowest BCUT2D eigenvalue weighted by Crippen LogP contribution is -2.29. The molecule has 1 fully saturated rings. The molecule has 1 aliphatic heterocycles. The van der Waals surface area contributed by atoms with E-state index in [0.29, 0.717) is 11.2 Å². The van der Waals surface area contributed by atoms with Gasteiger partial charge < -0.3 is 20.7 Å². The van der Waals surface area contributed by atoms with Crippen LogP contribution in [0.25, 0.3) is 11.2 Å². The average molecular weight is 286 g/mol. The number of ether oxygens (including phenoxy) is 1. The van der Waals surface area contributed by atoms with Crippen molar-refractivity contribution >= 4 is 28.6 Å². The van der Waals surface area contributed by atoms with Crippen molar-refractivity contribution in [3.63, 3.8) is 0 Å². The van der Waals surface area contributed by atoms with E-state index in [1.165, 1.54) is 12.7 Å². The van der Waals surface area contributed by atoms with Gasteiger partial charge in [-0.3, -0.25) is 4.57 Å². The lowest BCUT2D eigenvalue weighted by Gasteiger charge is -2.15. The van der Waals surface area contributed by atoms with E-state index in [1.54, 1.807) is 4.57 Å². The van der Waals surface area contributed by atoms with Crippen LogP contribution in [-0.2, 0) is 4.74 Å². The third kappa shape index (κ3) is 1.84. The zero-order valence-electron chi connectivity index (χ0n) is 9.72. The molecular formula is C10H12ClN5O3. The highest BCUT2D eigenvalue weighted by Crippen LogP contribution is 2.35. The number of nitrogen functional groups attached to an aromatic ring is 1. The van der Waals surface area contributed by atoms with E-state index >= 15 is 0 Å². The first-order chi connectivity index (χ1) is 9.13. The number of alkyl halides is 1. The van der Waals surface area contributed by atoms with Crippen LogP contribution in [0, 0.1) is 0 Å². The van der Waals surface area contributed by atoms with Crippen molar-refractivity contribution in [1.82, 2.24) is 19.5 Å². The number of fused-ring (bicyclic) bond motifs is 1. The first-order valence-corrected chi connectivity index (χ1v) is 6.08. The number of hydrogen-bond donors (Lipinski definition) is 3. The summed E-state index contributed by atoms with van der Waals surface area (Å²) in [6, 6.07) is 0. The average Bonchev–Trinajstić information content (AvgIpc) is 2.94. The van der Waals surface area contributed by atoms with E-state index in [2.05, 4.69) is 15.0 Å². The number of hydrogen-bond acceptors (Lipinski definition) is 7. The number of nitrogens with zero attached hydrogens (tertiary/aromatic N) is 4. The van der Waals surface area contributed by atoms with E-state index in [4.69, 9.17) is 27.2 Å². The van der Waals surface area contributed by atoms with Gasteiger partial charge in [0.25, 0.3) is 0 Å². The van der Waals surface area contributed by atoms with E-state index in [9.17, 15) is 5.11 Å². The second kappa shape index (κ2) is 4.57. The number of aliphatic hydroxyl groups excluding tert-OH is 2. The van der Waals surface area contributed by atoms with Crippen LogP contribution in [0.5, 0.6) is 0 Å². The largest absolute Gasteiger partial charge is 0.394 e. The van der Waals surface area contributed by atoms with Crippen molar-refractivity contribution < 1.29 is 14.9 Å². The van der Waals surface area contributed by atoms with Gasteiger partial charge in [-0.15, -0.1) is 11.6 Å². The SMILES string of the molecule is Nc1ncnc2c1ncn2[C@@H]1O[C@H](CO)[C@@H](O)[C@@H]1Cl. The molecule has 0 aliphatic carbocycles. The Balaban J connectivity index is 2.04. The van der Waals surface area contributed by atoms with Crippen LogP contribution in [0.15, 0.2) is 12.7 Å². The number of nitrogens with two attached hydrogens (primary N) is 1. The third-order valence-corrected chi connectivity index (χ3v) is 3.61. The molecule has 0 spiro atoms. The van der Waals surface area contributed by atoms with Crippen LogP contribution in [-0.4, -0.2) is 53.9 Å². The lowest BCUT2D eigenvalue weighted by atomic mass is 10.2. The van der Waals surface area contributed by atoms with Gasteiger partial charge in [-0.2, -0.15) is 0 Å². The predicted molar refractivity (Wildman–Crippen MR) is 66.4 cm³/mol. The van der Waals surface area contributed by atoms with Crippen molar-refractivity contribution in [3.05, 3.63) is 12.7 Å². The zero-order valence-corrected chi connectivity index (χ0v) is 10.5. The van der Waals surface area contributed by atoms with Crippen LogP contribution < -0.4 is 5.73 Å². The molecule has 0 radical (unpaired) electrons. The summed E-state index contributed by atoms with van der Waals surface area (Å²) in [4.78, 5) is 12.0. The Kier molecular flexibility index (Phi) is 3.02. The maximum atomic E-state index is 9.85. The lowest BCUT2D eigenvalue weighted by molar-refractivity contribution is -0.0431. The molecule has 1 saturated heterocycles. The monoisotopic (exact) mass is 285 g/mol. The zero-order chi connectivity index (χ0) is 13.6. The summed E-state index contributed by atoms with van der Waals surface area (Å²) < 4.78 is 7.09. The van der Waals surface area contributed by atoms with Gasteiger partial charge in [-0.1, -0.05) is 0 Å². The first kappa shape index (κ1) is 12.5. The molecule has 0 aromatic carbocycles. The molecule has 19 heavy (non-hydrogen) atoms. The van der Waals surface area contributed by atoms with Crippen LogP contribution >= 0.6 is 11.6 Å². The summed E-state index contributed by atoms with van der Waals surface area (Å²) >= 11 is 6.12. The van der Waals surface area contributed by atoms with Gasteiger partial charge >= 0.3 is 0 Å². The van der Waals surface area contributed by atoms with Crippen molar-refractivity contribution in [2.24, 2.45) is 0 Å². The maximum absolute atomic E-state index is 9.85. The Hall–Kier alpha value is -1.48. The van der Waals surface area contributed by atoms with Crippen molar-refractivity contribution in [1.29, 1.82) is 0 Å². The fraction of sp³-hybridized carbons (Fsp3) is 0.500. The maximum Gasteiger partial charge on any atom is 0.167 e. The Morgan fingerprint density at radius 1 is 1.42 bits per heavy atom. The molecule has 2 aromatic rings. The molecule has 8 nitrogen and oxygen atoms in total. The predicted octanol–water partition coefficient (Wildman–Crippen LogP) is -0.734. The summed E-state index contributed by atoms with van der Waals surface area (Å²) in [5, 5.41) is 18.2. The Labute approximate surface area is 112 Å². The summed E-state index contributed by atoms with van der Waals surface area (Å²) in [6.07, 6.45) is 0.418. The number of anilines is 1. The Morgan fingerprint density at radius 3 is 2.89 bits per heavy atom. The fourth-order valence-corrected chi connectivity index (χ4v) is 2.48. The molecule has 4 N–H and O–H groups in total. The molecule has 0 unspecified atom stereocenters. The van der Waals surface area contributed by atoms with Gasteiger partial charge in [-0.05, 0) is 0 Å². The minimum atomic E-state index is -0.965. The highest BCUT2D eigenvalue weighted by atomic mass is 35.5. The van der Waals surface area contributed by atoms with Crippen LogP contribution in [0.3, 0.4) is 0 Å². The fourth-order valence-electron chi connectivity index (χ4n) is 2.13. The smallest absolute Gasteiger partial charge is 0.167 e. The number of rotatable bonds is 2. The van der Waals surface area contributed by atoms with E-state index in [-0.39, 0.29) is 12.4 Å². The second-order valence-electron chi connectivity index (χ2n) is 4.27. The summed E-state index contributed by atoms with van der Waals surface area (Å²) in [5.41, 5.74) is 6.60. The van der Waals surface area contributed by atoms with Gasteiger partial charge in [-0.25, -0.2) is 15.0 Å². The van der Waals surface area contributed by atoms with Crippen LogP contribution in [0.1, 0.15) is 6.23 Å². The van der Waals surface area contributed by atoms with E-state index in [0.717, 1.165) is 0 Å². The molecule has 3 rings (SSSR count). The first-order valence-electron chi connectivity index (χ1n) is 5.65. The number of aromatic nitrogens is 4. The number of aliphatic hydroxyl groups is 2. The van der Waals surface area contributed by atoms with Gasteiger partial charge in [0, 0.05) is 0 Å². The minimum absolute atomic E-state index is 0.257. The van der Waals surface area contributed by atoms with Crippen molar-refractivity contribution in [2.75, 3.05) is 12.3 Å². The highest BCUT2D eigenvalue weighted by molar-refractivity contribution is 6.21. The summed E-state index contributed by atoms with van der Waals surface area (Å²) in [6.45, 7) is -0.315. The highest BCUT2D eigenvalue weighted by Gasteiger charge is 2.43. The molecule has 2 aromatic heterocycles. The second-order valence-corrected chi connectivity index (χ2v) is 4.77. The number of imidazole rings is 1. The van der Waals surface area contributed by atoms with Gasteiger partial charge in [0.15, 0.2) is 17.7 Å². The standard InChI is InChI=1S/C10H12ClN5O3/c11-5-7(18)4(1-17)19-10(5)16-3-15-6-8(12)13-2-14-9(6)16/h2-5,7,10,17-18H,1H2,(H2,12,13,14)/t4-,5+,7-,10-/m1/s1. The van der Waals surface area contributed by atoms with Gasteiger partial charge in [0.2, 0.25) is 0 Å². The Bertz CT molecular complexity index is 606. The summed E-state index contributed by atoms with van der Waals surface area (Å²) in [7, 11) is 0. The minimum Gasteiger partial charge on any atom is -0.394 e. The van der Waals surface area contributed by atoms with Gasteiger partial charge in [0.1, 0.15) is 29.4 Å².